The largest absolute Gasteiger partial charge is 0.488 e. The fourth-order valence-electron chi connectivity index (χ4n) is 2.74. The number of hydrogen-bond acceptors (Lipinski definition) is 3. The van der Waals surface area contributed by atoms with Gasteiger partial charge >= 0.3 is 0 Å². The Kier molecular flexibility index (Phi) is 6.19. The molecule has 27 heavy (non-hydrogen) atoms. The third kappa shape index (κ3) is 4.34. The van der Waals surface area contributed by atoms with Crippen LogP contribution in [0.5, 0.6) is 5.75 Å². The molecule has 2 aromatic carbocycles. The number of nitrogens with zero attached hydrogens (tertiary/aromatic N) is 2. The second-order valence-corrected chi connectivity index (χ2v) is 7.74. The Morgan fingerprint density at radius 2 is 1.93 bits per heavy atom. The highest BCUT2D eigenvalue weighted by atomic mass is 79.9. The first-order chi connectivity index (χ1) is 12.9. The summed E-state index contributed by atoms with van der Waals surface area (Å²) < 4.78 is 6.89. The molecule has 0 atom stereocenters. The minimum Gasteiger partial charge on any atom is -0.488 e. The summed E-state index contributed by atoms with van der Waals surface area (Å²) >= 11 is 14.8. The van der Waals surface area contributed by atoms with Gasteiger partial charge in [0.1, 0.15) is 18.1 Å². The normalized spacial score (nSPS) is 15.8. The molecule has 0 N–H and O–H groups in total. The van der Waals surface area contributed by atoms with Gasteiger partial charge in [-0.3, -0.25) is 9.69 Å². The van der Waals surface area contributed by atoms with Crippen LogP contribution in [0.15, 0.2) is 52.6 Å². The number of halogens is 2. The van der Waals surface area contributed by atoms with Crippen LogP contribution in [0.3, 0.4) is 0 Å². The van der Waals surface area contributed by atoms with E-state index in [4.69, 9.17) is 28.6 Å². The first-order valence-corrected chi connectivity index (χ1v) is 9.96. The minimum absolute atomic E-state index is 0.103. The molecule has 1 aliphatic rings. The van der Waals surface area contributed by atoms with Crippen molar-refractivity contribution in [2.24, 2.45) is 0 Å². The molecule has 1 fully saturated rings. The SMILES string of the molecule is CCN1C(=O)/C(=C/c2cc(Br)ccc2OCc2ccc(Cl)cc2)N(C)C1=S. The van der Waals surface area contributed by atoms with E-state index in [1.165, 1.54) is 0 Å². The predicted octanol–water partition coefficient (Wildman–Crippen LogP) is 5.10. The van der Waals surface area contributed by atoms with Gasteiger partial charge in [-0.2, -0.15) is 0 Å². The second-order valence-electron chi connectivity index (χ2n) is 6.02. The van der Waals surface area contributed by atoms with Crippen molar-refractivity contribution in [2.75, 3.05) is 13.6 Å². The zero-order valence-electron chi connectivity index (χ0n) is 14.9. The number of likely N-dealkylation sites (N-methyl/N-ethyl adjacent to an activating group) is 2. The zero-order chi connectivity index (χ0) is 19.6. The minimum atomic E-state index is -0.103. The molecule has 0 spiro atoms. The van der Waals surface area contributed by atoms with Crippen molar-refractivity contribution in [2.45, 2.75) is 13.5 Å². The van der Waals surface area contributed by atoms with E-state index in [0.29, 0.717) is 34.7 Å². The first kappa shape index (κ1) is 19.9. The lowest BCUT2D eigenvalue weighted by molar-refractivity contribution is -0.122. The Balaban J connectivity index is 1.89. The summed E-state index contributed by atoms with van der Waals surface area (Å²) in [5.41, 5.74) is 2.33. The maximum Gasteiger partial charge on any atom is 0.276 e. The van der Waals surface area contributed by atoms with Crippen LogP contribution in [0, 0.1) is 0 Å². The summed E-state index contributed by atoms with van der Waals surface area (Å²) in [5, 5.41) is 1.19. The average Bonchev–Trinajstić information content (AvgIpc) is 2.85. The summed E-state index contributed by atoms with van der Waals surface area (Å²) in [5.74, 6) is 0.580. The van der Waals surface area contributed by atoms with Gasteiger partial charge in [-0.25, -0.2) is 0 Å². The van der Waals surface area contributed by atoms with Gasteiger partial charge in [-0.05, 0) is 61.1 Å². The fourth-order valence-corrected chi connectivity index (χ4v) is 3.56. The van der Waals surface area contributed by atoms with E-state index in [0.717, 1.165) is 15.6 Å². The molecule has 0 saturated carbocycles. The van der Waals surface area contributed by atoms with E-state index < -0.39 is 0 Å². The van der Waals surface area contributed by atoms with Crippen LogP contribution in [0.1, 0.15) is 18.1 Å². The number of carbonyl (C=O) groups excluding carboxylic acids is 1. The van der Waals surface area contributed by atoms with Crippen molar-refractivity contribution >= 4 is 56.8 Å². The summed E-state index contributed by atoms with van der Waals surface area (Å²) in [6.07, 6.45) is 1.81. The lowest BCUT2D eigenvalue weighted by atomic mass is 10.1. The molecular formula is C20H18BrClN2O2S. The Morgan fingerprint density at radius 3 is 2.56 bits per heavy atom. The van der Waals surface area contributed by atoms with Gasteiger partial charge in [0.15, 0.2) is 5.11 Å². The molecule has 4 nitrogen and oxygen atoms in total. The lowest BCUT2D eigenvalue weighted by Gasteiger charge is -2.14. The molecule has 0 unspecified atom stereocenters. The van der Waals surface area contributed by atoms with Crippen LogP contribution in [0.4, 0.5) is 0 Å². The molecule has 1 saturated heterocycles. The average molecular weight is 466 g/mol. The summed E-state index contributed by atoms with van der Waals surface area (Å²) in [6.45, 7) is 2.84. The number of ether oxygens (including phenoxy) is 1. The van der Waals surface area contributed by atoms with Crippen LogP contribution in [0.2, 0.25) is 5.02 Å². The molecule has 2 aromatic rings. The number of benzene rings is 2. The van der Waals surface area contributed by atoms with Crippen LogP contribution in [-0.4, -0.2) is 34.4 Å². The van der Waals surface area contributed by atoms with Crippen LogP contribution < -0.4 is 4.74 Å². The van der Waals surface area contributed by atoms with Gasteiger partial charge in [0, 0.05) is 28.7 Å². The monoisotopic (exact) mass is 464 g/mol. The van der Waals surface area contributed by atoms with E-state index in [1.807, 2.05) is 55.5 Å². The van der Waals surface area contributed by atoms with Gasteiger partial charge in [0.25, 0.3) is 5.91 Å². The van der Waals surface area contributed by atoms with Gasteiger partial charge in [-0.15, -0.1) is 0 Å². The smallest absolute Gasteiger partial charge is 0.276 e. The Hall–Kier alpha value is -1.89. The summed E-state index contributed by atoms with van der Waals surface area (Å²) in [6, 6.07) is 13.2. The molecule has 140 valence electrons. The molecule has 1 amide bonds. The number of rotatable bonds is 5. The number of amides is 1. The highest BCUT2D eigenvalue weighted by Crippen LogP contribution is 2.29. The molecule has 0 aromatic heterocycles. The number of thiocarbonyl (C=S) groups is 1. The molecule has 0 bridgehead atoms. The standard InChI is InChI=1S/C20H18BrClN2O2S/c1-3-24-19(25)17(23(2)20(24)27)11-14-10-15(21)6-9-18(14)26-12-13-4-7-16(22)8-5-13/h4-11H,3,12H2,1-2H3/b17-11-. The van der Waals surface area contributed by atoms with E-state index in [2.05, 4.69) is 15.9 Å². The van der Waals surface area contributed by atoms with Crippen molar-refractivity contribution in [3.05, 3.63) is 68.8 Å². The van der Waals surface area contributed by atoms with E-state index >= 15 is 0 Å². The highest BCUT2D eigenvalue weighted by molar-refractivity contribution is 9.10. The maximum absolute atomic E-state index is 12.6. The third-order valence-corrected chi connectivity index (χ3v) is 5.47. The van der Waals surface area contributed by atoms with Gasteiger partial charge in [0.05, 0.1) is 0 Å². The maximum atomic E-state index is 12.6. The Labute approximate surface area is 177 Å². The first-order valence-electron chi connectivity index (χ1n) is 8.38. The van der Waals surface area contributed by atoms with Gasteiger partial charge < -0.3 is 9.64 Å². The highest BCUT2D eigenvalue weighted by Gasteiger charge is 2.34. The van der Waals surface area contributed by atoms with E-state index in [9.17, 15) is 4.79 Å². The van der Waals surface area contributed by atoms with Gasteiger partial charge in [-0.1, -0.05) is 39.7 Å². The van der Waals surface area contributed by atoms with Crippen molar-refractivity contribution in [3.8, 4) is 5.75 Å². The lowest BCUT2D eigenvalue weighted by Crippen LogP contribution is -2.30. The number of hydrogen-bond donors (Lipinski definition) is 0. The molecule has 3 rings (SSSR count). The molecular weight excluding hydrogens is 448 g/mol. The van der Waals surface area contributed by atoms with E-state index in [-0.39, 0.29) is 5.91 Å². The van der Waals surface area contributed by atoms with Crippen LogP contribution in [-0.2, 0) is 11.4 Å². The second kappa shape index (κ2) is 8.42. The van der Waals surface area contributed by atoms with E-state index in [1.54, 1.807) is 16.8 Å². The summed E-state index contributed by atoms with van der Waals surface area (Å²) in [4.78, 5) is 15.9. The van der Waals surface area contributed by atoms with Gasteiger partial charge in [0.2, 0.25) is 0 Å². The van der Waals surface area contributed by atoms with Crippen LogP contribution >= 0.6 is 39.7 Å². The van der Waals surface area contributed by atoms with Crippen molar-refractivity contribution in [1.82, 2.24) is 9.80 Å². The van der Waals surface area contributed by atoms with Crippen molar-refractivity contribution in [3.63, 3.8) is 0 Å². The Bertz CT molecular complexity index is 915. The molecule has 0 aliphatic carbocycles. The van der Waals surface area contributed by atoms with Crippen LogP contribution in [0.25, 0.3) is 6.08 Å². The predicted molar refractivity (Wildman–Crippen MR) is 116 cm³/mol. The topological polar surface area (TPSA) is 32.8 Å². The van der Waals surface area contributed by atoms with Crippen molar-refractivity contribution < 1.29 is 9.53 Å². The van der Waals surface area contributed by atoms with Crippen molar-refractivity contribution in [1.29, 1.82) is 0 Å². The molecule has 1 aliphatic heterocycles. The third-order valence-electron chi connectivity index (χ3n) is 4.23. The number of carbonyl (C=O) groups is 1. The Morgan fingerprint density at radius 1 is 1.22 bits per heavy atom. The molecule has 0 radical (unpaired) electrons. The fraction of sp³-hybridized carbons (Fsp3) is 0.200. The zero-order valence-corrected chi connectivity index (χ0v) is 18.1. The quantitative estimate of drug-likeness (QED) is 0.454. The molecule has 7 heteroatoms. The molecule has 1 heterocycles. The summed E-state index contributed by atoms with van der Waals surface area (Å²) in [7, 11) is 1.80.